The van der Waals surface area contributed by atoms with Crippen molar-refractivity contribution < 1.29 is 14.3 Å². The van der Waals surface area contributed by atoms with E-state index in [0.717, 1.165) is 4.90 Å². The molecule has 0 aliphatic heterocycles. The number of benzene rings is 1. The summed E-state index contributed by atoms with van der Waals surface area (Å²) >= 11 is 1.49. The molecule has 4 heteroatoms. The summed E-state index contributed by atoms with van der Waals surface area (Å²) in [5.41, 5.74) is -0.747. The Balaban J connectivity index is 2.45. The molecular weight excluding hydrogens is 248 g/mol. The fraction of sp³-hybridized carbons (Fsp3) is 0.429. The largest absolute Gasteiger partial charge is 0.469 e. The van der Waals surface area contributed by atoms with Crippen molar-refractivity contribution in [3.8, 4) is 0 Å². The molecule has 0 saturated carbocycles. The molecule has 0 amide bonds. The highest BCUT2D eigenvalue weighted by Crippen LogP contribution is 2.25. The van der Waals surface area contributed by atoms with Crippen LogP contribution in [0.3, 0.4) is 0 Å². The Morgan fingerprint density at radius 3 is 2.39 bits per heavy atom. The second-order valence-corrected chi connectivity index (χ2v) is 5.74. The lowest BCUT2D eigenvalue weighted by molar-refractivity contribution is -0.152. The summed E-state index contributed by atoms with van der Waals surface area (Å²) in [5, 5.41) is 0. The van der Waals surface area contributed by atoms with Crippen molar-refractivity contribution in [2.75, 3.05) is 12.9 Å². The summed E-state index contributed by atoms with van der Waals surface area (Å²) in [5.74, 6) is 0.0876. The van der Waals surface area contributed by atoms with Crippen molar-refractivity contribution in [1.82, 2.24) is 0 Å². The first-order valence-electron chi connectivity index (χ1n) is 5.73. The van der Waals surface area contributed by atoms with Gasteiger partial charge in [0.15, 0.2) is 0 Å². The quantitative estimate of drug-likeness (QED) is 0.586. The Morgan fingerprint density at radius 1 is 1.22 bits per heavy atom. The molecule has 1 aromatic carbocycles. The van der Waals surface area contributed by atoms with Gasteiger partial charge in [0.05, 0.1) is 18.3 Å². The molecule has 0 spiro atoms. The van der Waals surface area contributed by atoms with Crippen LogP contribution in [0.5, 0.6) is 0 Å². The van der Waals surface area contributed by atoms with E-state index in [9.17, 15) is 9.59 Å². The van der Waals surface area contributed by atoms with E-state index in [0.29, 0.717) is 5.75 Å². The second-order valence-electron chi connectivity index (χ2n) is 4.69. The van der Waals surface area contributed by atoms with Crippen LogP contribution in [0.25, 0.3) is 0 Å². The molecule has 18 heavy (non-hydrogen) atoms. The third-order valence-electron chi connectivity index (χ3n) is 2.52. The zero-order valence-electron chi connectivity index (χ0n) is 10.9. The van der Waals surface area contributed by atoms with E-state index in [2.05, 4.69) is 4.74 Å². The van der Waals surface area contributed by atoms with Gasteiger partial charge in [-0.3, -0.25) is 9.59 Å². The number of ether oxygens (including phenoxy) is 1. The van der Waals surface area contributed by atoms with Gasteiger partial charge in [-0.15, -0.1) is 11.8 Å². The third kappa shape index (κ3) is 4.53. The molecule has 0 atom stereocenters. The number of methoxy groups -OCH3 is 1. The molecule has 0 fully saturated rings. The van der Waals surface area contributed by atoms with Gasteiger partial charge in [-0.1, -0.05) is 18.2 Å². The maximum absolute atomic E-state index is 11.8. The molecule has 0 heterocycles. The molecule has 0 N–H and O–H groups in total. The smallest absolute Gasteiger partial charge is 0.311 e. The molecular formula is C14H18O3S. The maximum Gasteiger partial charge on any atom is 0.311 e. The Hall–Kier alpha value is -1.29. The number of hydrogen-bond donors (Lipinski definition) is 0. The van der Waals surface area contributed by atoms with Gasteiger partial charge >= 0.3 is 5.97 Å². The average molecular weight is 266 g/mol. The fourth-order valence-electron chi connectivity index (χ4n) is 1.57. The Bertz CT molecular complexity index is 412. The predicted molar refractivity (Wildman–Crippen MR) is 72.6 cm³/mol. The number of ketones is 1. The molecule has 1 aromatic rings. The molecule has 0 aliphatic carbocycles. The summed E-state index contributed by atoms with van der Waals surface area (Å²) in [6, 6.07) is 9.73. The van der Waals surface area contributed by atoms with Crippen molar-refractivity contribution in [2.24, 2.45) is 5.41 Å². The van der Waals surface area contributed by atoms with Crippen LogP contribution in [-0.2, 0) is 14.3 Å². The van der Waals surface area contributed by atoms with Crippen molar-refractivity contribution in [2.45, 2.75) is 25.2 Å². The summed E-state index contributed by atoms with van der Waals surface area (Å²) in [7, 11) is 1.34. The van der Waals surface area contributed by atoms with Gasteiger partial charge in [-0.2, -0.15) is 0 Å². The molecule has 0 aromatic heterocycles. The van der Waals surface area contributed by atoms with E-state index in [1.807, 2.05) is 30.3 Å². The van der Waals surface area contributed by atoms with Crippen molar-refractivity contribution in [3.05, 3.63) is 30.3 Å². The van der Waals surface area contributed by atoms with E-state index in [4.69, 9.17) is 0 Å². The highest BCUT2D eigenvalue weighted by Gasteiger charge is 2.31. The zero-order valence-corrected chi connectivity index (χ0v) is 11.8. The lowest BCUT2D eigenvalue weighted by Crippen LogP contribution is -2.29. The van der Waals surface area contributed by atoms with Crippen molar-refractivity contribution >= 4 is 23.5 Å². The normalized spacial score (nSPS) is 11.1. The molecule has 98 valence electrons. The SMILES string of the molecule is COC(=O)C(C)(C)CC(=O)CSc1ccccc1. The lowest BCUT2D eigenvalue weighted by atomic mass is 9.88. The minimum Gasteiger partial charge on any atom is -0.469 e. The number of hydrogen-bond acceptors (Lipinski definition) is 4. The number of carbonyl (C=O) groups is 2. The molecule has 3 nitrogen and oxygen atoms in total. The Morgan fingerprint density at radius 2 is 1.83 bits per heavy atom. The number of carbonyl (C=O) groups excluding carboxylic acids is 2. The molecule has 0 unspecified atom stereocenters. The number of esters is 1. The summed E-state index contributed by atoms with van der Waals surface area (Å²) in [6.45, 7) is 3.45. The number of thioether (sulfide) groups is 1. The minimum absolute atomic E-state index is 0.0549. The van der Waals surface area contributed by atoms with Crippen molar-refractivity contribution in [3.63, 3.8) is 0 Å². The highest BCUT2D eigenvalue weighted by atomic mass is 32.2. The van der Waals surface area contributed by atoms with Crippen LogP contribution in [0.15, 0.2) is 35.2 Å². The highest BCUT2D eigenvalue weighted by molar-refractivity contribution is 8.00. The van der Waals surface area contributed by atoms with Crippen LogP contribution in [0.1, 0.15) is 20.3 Å². The van der Waals surface area contributed by atoms with E-state index in [1.54, 1.807) is 13.8 Å². The molecule has 1 rings (SSSR count). The van der Waals surface area contributed by atoms with Gasteiger partial charge in [-0.25, -0.2) is 0 Å². The van der Waals surface area contributed by atoms with Crippen LogP contribution < -0.4 is 0 Å². The molecule has 0 radical (unpaired) electrons. The third-order valence-corrected chi connectivity index (χ3v) is 3.59. The van der Waals surface area contributed by atoms with Gasteiger partial charge in [-0.05, 0) is 26.0 Å². The van der Waals surface area contributed by atoms with E-state index in [1.165, 1.54) is 18.9 Å². The van der Waals surface area contributed by atoms with Gasteiger partial charge in [0.1, 0.15) is 5.78 Å². The minimum atomic E-state index is -0.747. The van der Waals surface area contributed by atoms with Gasteiger partial charge in [0, 0.05) is 11.3 Å². The van der Waals surface area contributed by atoms with Gasteiger partial charge in [0.25, 0.3) is 0 Å². The summed E-state index contributed by atoms with van der Waals surface area (Å²) < 4.78 is 4.68. The second kappa shape index (κ2) is 6.59. The first-order chi connectivity index (χ1) is 8.45. The number of Topliss-reactive ketones (excluding diaryl/α,β-unsaturated/α-hetero) is 1. The standard InChI is InChI=1S/C14H18O3S/c1-14(2,13(16)17-3)9-11(15)10-18-12-7-5-4-6-8-12/h4-8H,9-10H2,1-3H3. The van der Waals surface area contributed by atoms with Crippen LogP contribution in [0, 0.1) is 5.41 Å². The van der Waals surface area contributed by atoms with Gasteiger partial charge < -0.3 is 4.74 Å². The summed E-state index contributed by atoms with van der Waals surface area (Å²) in [4.78, 5) is 24.3. The van der Waals surface area contributed by atoms with Gasteiger partial charge in [0.2, 0.25) is 0 Å². The van der Waals surface area contributed by atoms with E-state index in [-0.39, 0.29) is 18.2 Å². The van der Waals surface area contributed by atoms with E-state index >= 15 is 0 Å². The van der Waals surface area contributed by atoms with Crippen LogP contribution >= 0.6 is 11.8 Å². The van der Waals surface area contributed by atoms with Crippen molar-refractivity contribution in [1.29, 1.82) is 0 Å². The zero-order chi connectivity index (χ0) is 13.6. The summed E-state index contributed by atoms with van der Waals surface area (Å²) in [6.07, 6.45) is 0.208. The molecule has 0 saturated heterocycles. The molecule has 0 bridgehead atoms. The van der Waals surface area contributed by atoms with Crippen LogP contribution in [0.4, 0.5) is 0 Å². The average Bonchev–Trinajstić information content (AvgIpc) is 2.36. The first kappa shape index (κ1) is 14.8. The fourth-order valence-corrected chi connectivity index (χ4v) is 2.35. The topological polar surface area (TPSA) is 43.4 Å². The monoisotopic (exact) mass is 266 g/mol. The molecule has 0 aliphatic rings. The Labute approximate surface area is 112 Å². The van der Waals surface area contributed by atoms with Crippen LogP contribution in [-0.4, -0.2) is 24.6 Å². The van der Waals surface area contributed by atoms with E-state index < -0.39 is 5.41 Å². The maximum atomic E-state index is 11.8. The van der Waals surface area contributed by atoms with Crippen LogP contribution in [0.2, 0.25) is 0 Å². The Kier molecular flexibility index (Phi) is 5.41. The predicted octanol–water partition coefficient (Wildman–Crippen LogP) is 2.94. The first-order valence-corrected chi connectivity index (χ1v) is 6.72. The lowest BCUT2D eigenvalue weighted by Gasteiger charge is -2.20. The number of rotatable bonds is 6.